The third-order valence-corrected chi connectivity index (χ3v) is 4.82. The van der Waals surface area contributed by atoms with Crippen LogP contribution in [0.1, 0.15) is 26.3 Å². The number of hydrogen-bond donors (Lipinski definition) is 2. The van der Waals surface area contributed by atoms with E-state index >= 15 is 0 Å². The molecule has 0 saturated carbocycles. The number of benzene rings is 2. The minimum absolute atomic E-state index is 0.212. The average Bonchev–Trinajstić information content (AvgIpc) is 2.80. The summed E-state index contributed by atoms with van der Waals surface area (Å²) in [5, 5.41) is 5.91. The van der Waals surface area contributed by atoms with Crippen LogP contribution in [0.5, 0.6) is 11.5 Å². The average molecular weight is 477 g/mol. The summed E-state index contributed by atoms with van der Waals surface area (Å²) in [5.74, 6) is 1.91. The minimum Gasteiger partial charge on any atom is -0.457 e. The number of nitrogens with zero attached hydrogens (tertiary/aromatic N) is 2. The number of hydrogen-bond acceptors (Lipinski definition) is 6. The van der Waals surface area contributed by atoms with E-state index in [-0.39, 0.29) is 5.91 Å². The van der Waals surface area contributed by atoms with Crippen LogP contribution in [-0.4, -0.2) is 47.6 Å². The topological polar surface area (TPSA) is 92.8 Å². The molecule has 1 heterocycles. The van der Waals surface area contributed by atoms with Crippen LogP contribution >= 0.6 is 0 Å². The third kappa shape index (κ3) is 8.33. The van der Waals surface area contributed by atoms with E-state index in [0.717, 1.165) is 17.1 Å². The number of carbonyl (C=O) groups is 2. The molecule has 184 valence electrons. The first-order valence-corrected chi connectivity index (χ1v) is 11.3. The van der Waals surface area contributed by atoms with Crippen molar-refractivity contribution in [3.63, 3.8) is 0 Å². The normalized spacial score (nSPS) is 11.8. The molecule has 3 aromatic rings. The fourth-order valence-electron chi connectivity index (χ4n) is 3.22. The molecule has 0 radical (unpaired) electrons. The highest BCUT2D eigenvalue weighted by atomic mass is 16.6. The maximum atomic E-state index is 12.6. The van der Waals surface area contributed by atoms with Gasteiger partial charge in [0.2, 0.25) is 5.91 Å². The van der Waals surface area contributed by atoms with E-state index in [1.807, 2.05) is 66.7 Å². The van der Waals surface area contributed by atoms with Gasteiger partial charge in [-0.1, -0.05) is 18.2 Å². The first-order valence-electron chi connectivity index (χ1n) is 11.3. The minimum atomic E-state index is -0.745. The first kappa shape index (κ1) is 25.6. The van der Waals surface area contributed by atoms with Crippen molar-refractivity contribution in [1.82, 2.24) is 15.2 Å². The van der Waals surface area contributed by atoms with E-state index in [9.17, 15) is 9.59 Å². The van der Waals surface area contributed by atoms with Crippen molar-refractivity contribution in [2.75, 3.05) is 19.4 Å². The van der Waals surface area contributed by atoms with Crippen molar-refractivity contribution in [1.29, 1.82) is 0 Å². The SMILES string of the molecule is CN(C)C(=O)[C@H](Cc1ccc(Oc2ccc(Nc3ccccn3)cc2)cc1)NC(=O)OC(C)(C)C. The van der Waals surface area contributed by atoms with Gasteiger partial charge in [-0.3, -0.25) is 4.79 Å². The standard InChI is InChI=1S/C27H32N4O4/c1-27(2,3)35-26(33)30-23(25(32)31(4)5)18-19-9-13-21(14-10-19)34-22-15-11-20(12-16-22)29-24-8-6-7-17-28-24/h6-17,23H,18H2,1-5H3,(H,28,29)(H,30,33)/t23-/m0/s1. The lowest BCUT2D eigenvalue weighted by molar-refractivity contribution is -0.130. The quantitative estimate of drug-likeness (QED) is 0.468. The Morgan fingerprint density at radius 3 is 2.11 bits per heavy atom. The highest BCUT2D eigenvalue weighted by Gasteiger charge is 2.25. The van der Waals surface area contributed by atoms with Crippen LogP contribution in [0, 0.1) is 0 Å². The van der Waals surface area contributed by atoms with Gasteiger partial charge in [0.1, 0.15) is 29.0 Å². The second-order valence-electron chi connectivity index (χ2n) is 9.25. The Bertz CT molecular complexity index is 1110. The predicted octanol–water partition coefficient (Wildman–Crippen LogP) is 5.14. The molecular weight excluding hydrogens is 444 g/mol. The van der Waals surface area contributed by atoms with E-state index in [0.29, 0.717) is 17.9 Å². The summed E-state index contributed by atoms with van der Waals surface area (Å²) in [5.41, 5.74) is 1.13. The van der Waals surface area contributed by atoms with E-state index in [1.165, 1.54) is 4.90 Å². The molecule has 0 unspecified atom stereocenters. The fraction of sp³-hybridized carbons (Fsp3) is 0.296. The number of pyridine rings is 1. The lowest BCUT2D eigenvalue weighted by Crippen LogP contribution is -2.48. The van der Waals surface area contributed by atoms with Crippen LogP contribution in [0.3, 0.4) is 0 Å². The zero-order valence-corrected chi connectivity index (χ0v) is 20.7. The van der Waals surface area contributed by atoms with Crippen LogP contribution in [0.2, 0.25) is 0 Å². The Morgan fingerprint density at radius 1 is 0.943 bits per heavy atom. The molecule has 1 atom stereocenters. The van der Waals surface area contributed by atoms with E-state index in [4.69, 9.17) is 9.47 Å². The van der Waals surface area contributed by atoms with Crippen LogP contribution < -0.4 is 15.4 Å². The molecular formula is C27H32N4O4. The van der Waals surface area contributed by atoms with E-state index < -0.39 is 17.7 Å². The largest absolute Gasteiger partial charge is 0.457 e. The van der Waals surface area contributed by atoms with Crippen molar-refractivity contribution >= 4 is 23.5 Å². The Kier molecular flexibility index (Phi) is 8.30. The predicted molar refractivity (Wildman–Crippen MR) is 136 cm³/mol. The van der Waals surface area contributed by atoms with Gasteiger partial charge in [-0.2, -0.15) is 0 Å². The summed E-state index contributed by atoms with van der Waals surface area (Å²) in [6, 6.07) is 19.9. The van der Waals surface area contributed by atoms with Crippen molar-refractivity contribution in [2.45, 2.75) is 38.8 Å². The summed E-state index contributed by atoms with van der Waals surface area (Å²) < 4.78 is 11.3. The summed E-state index contributed by atoms with van der Waals surface area (Å²) in [4.78, 5) is 30.6. The molecule has 0 saturated heterocycles. The molecule has 0 aliphatic carbocycles. The maximum Gasteiger partial charge on any atom is 0.408 e. The number of aromatic nitrogens is 1. The van der Waals surface area contributed by atoms with Crippen molar-refractivity contribution in [3.8, 4) is 11.5 Å². The second kappa shape index (κ2) is 11.4. The molecule has 2 amide bonds. The smallest absolute Gasteiger partial charge is 0.408 e. The Labute approximate surface area is 206 Å². The lowest BCUT2D eigenvalue weighted by Gasteiger charge is -2.25. The molecule has 0 aliphatic heterocycles. The number of amides is 2. The Morgan fingerprint density at radius 2 is 1.57 bits per heavy atom. The molecule has 0 bridgehead atoms. The van der Waals surface area contributed by atoms with Crippen LogP contribution in [0.4, 0.5) is 16.3 Å². The van der Waals surface area contributed by atoms with Gasteiger partial charge in [0.25, 0.3) is 0 Å². The summed E-state index contributed by atoms with van der Waals surface area (Å²) >= 11 is 0. The molecule has 3 rings (SSSR count). The highest BCUT2D eigenvalue weighted by molar-refractivity contribution is 5.85. The lowest BCUT2D eigenvalue weighted by atomic mass is 10.0. The summed E-state index contributed by atoms with van der Waals surface area (Å²) in [7, 11) is 3.31. The van der Waals surface area contributed by atoms with Crippen molar-refractivity contribution in [3.05, 3.63) is 78.5 Å². The summed E-state index contributed by atoms with van der Waals surface area (Å²) in [6.45, 7) is 5.33. The number of nitrogens with one attached hydrogen (secondary N) is 2. The van der Waals surface area contributed by atoms with Gasteiger partial charge in [-0.25, -0.2) is 9.78 Å². The number of carbonyl (C=O) groups excluding carboxylic acids is 2. The second-order valence-corrected chi connectivity index (χ2v) is 9.25. The molecule has 8 heteroatoms. The molecule has 2 N–H and O–H groups in total. The zero-order valence-electron chi connectivity index (χ0n) is 20.7. The van der Waals surface area contributed by atoms with Gasteiger partial charge in [0.15, 0.2) is 0 Å². The van der Waals surface area contributed by atoms with Gasteiger partial charge in [0.05, 0.1) is 0 Å². The molecule has 2 aromatic carbocycles. The molecule has 1 aromatic heterocycles. The van der Waals surface area contributed by atoms with Crippen LogP contribution in [0.15, 0.2) is 72.9 Å². The first-order chi connectivity index (χ1) is 16.6. The van der Waals surface area contributed by atoms with Gasteiger partial charge < -0.3 is 25.0 Å². The Hall–Kier alpha value is -4.07. The van der Waals surface area contributed by atoms with E-state index in [1.54, 1.807) is 41.1 Å². The monoisotopic (exact) mass is 476 g/mol. The number of alkyl carbamates (subject to hydrolysis) is 1. The number of anilines is 2. The van der Waals surface area contributed by atoms with Gasteiger partial charge in [-0.15, -0.1) is 0 Å². The zero-order chi connectivity index (χ0) is 25.4. The van der Waals surface area contributed by atoms with Crippen molar-refractivity contribution < 1.29 is 19.1 Å². The molecule has 35 heavy (non-hydrogen) atoms. The van der Waals surface area contributed by atoms with Crippen LogP contribution in [-0.2, 0) is 16.0 Å². The highest BCUT2D eigenvalue weighted by Crippen LogP contribution is 2.25. The summed E-state index contributed by atoms with van der Waals surface area (Å²) in [6.07, 6.45) is 1.43. The van der Waals surface area contributed by atoms with E-state index in [2.05, 4.69) is 15.6 Å². The van der Waals surface area contributed by atoms with Crippen LogP contribution in [0.25, 0.3) is 0 Å². The van der Waals surface area contributed by atoms with Gasteiger partial charge in [0, 0.05) is 32.4 Å². The maximum absolute atomic E-state index is 12.6. The number of likely N-dealkylation sites (N-methyl/N-ethyl adjacent to an activating group) is 1. The molecule has 8 nitrogen and oxygen atoms in total. The molecule has 0 spiro atoms. The number of rotatable bonds is 8. The number of ether oxygens (including phenoxy) is 2. The van der Waals surface area contributed by atoms with Crippen molar-refractivity contribution in [2.24, 2.45) is 0 Å². The fourth-order valence-corrected chi connectivity index (χ4v) is 3.22. The molecule has 0 fully saturated rings. The van der Waals surface area contributed by atoms with Gasteiger partial charge >= 0.3 is 6.09 Å². The Balaban J connectivity index is 1.61. The molecule has 0 aliphatic rings. The third-order valence-electron chi connectivity index (χ3n) is 4.82. The van der Waals surface area contributed by atoms with Gasteiger partial charge in [-0.05, 0) is 74.9 Å².